The average Bonchev–Trinajstić information content (AvgIpc) is 2.88. The van der Waals surface area contributed by atoms with E-state index in [9.17, 15) is 0 Å². The van der Waals surface area contributed by atoms with Crippen LogP contribution in [0.3, 0.4) is 0 Å². The fourth-order valence-electron chi connectivity index (χ4n) is 2.88. The highest BCUT2D eigenvalue weighted by atomic mass is 35.5. The summed E-state index contributed by atoms with van der Waals surface area (Å²) >= 11 is 7.45. The number of hydrogen-bond acceptors (Lipinski definition) is 4. The van der Waals surface area contributed by atoms with Crippen molar-refractivity contribution in [2.75, 3.05) is 13.1 Å². The minimum absolute atomic E-state index is 0.0102. The third-order valence-corrected chi connectivity index (χ3v) is 4.70. The average molecular weight is 294 g/mol. The van der Waals surface area contributed by atoms with Gasteiger partial charge in [0.1, 0.15) is 5.69 Å². The van der Waals surface area contributed by atoms with Gasteiger partial charge in [-0.25, -0.2) is 0 Å². The molecular weight excluding hydrogens is 278 g/mol. The van der Waals surface area contributed by atoms with Crippen LogP contribution in [0.2, 0.25) is 5.15 Å². The van der Waals surface area contributed by atoms with E-state index in [1.54, 1.807) is 0 Å². The Labute approximate surface area is 122 Å². The van der Waals surface area contributed by atoms with Gasteiger partial charge in [0.05, 0.1) is 11.7 Å². The van der Waals surface area contributed by atoms with E-state index in [1.807, 2.05) is 6.07 Å². The number of nitrogens with one attached hydrogen (secondary N) is 1. The first-order valence-electron chi connectivity index (χ1n) is 6.53. The number of benzene rings is 1. The Hall–Kier alpha value is -0.970. The fourth-order valence-corrected chi connectivity index (χ4v) is 3.83. The summed E-state index contributed by atoms with van der Waals surface area (Å²) in [5.74, 6) is 0. The van der Waals surface area contributed by atoms with Crippen molar-refractivity contribution in [1.82, 2.24) is 14.1 Å². The predicted octanol–water partition coefficient (Wildman–Crippen LogP) is 3.06. The Bertz CT molecular complexity index is 535. The lowest BCUT2D eigenvalue weighted by atomic mass is 9.73. The molecule has 0 radical (unpaired) electrons. The quantitative estimate of drug-likeness (QED) is 0.945. The summed E-state index contributed by atoms with van der Waals surface area (Å²) in [5.41, 5.74) is 2.29. The normalized spacial score (nSPS) is 23.4. The van der Waals surface area contributed by atoms with Crippen LogP contribution < -0.4 is 5.32 Å². The molecule has 0 amide bonds. The standard InChI is InChI=1S/C14H16ClN3S/c15-13-12(17-19-18-13)14(7-4-8-16-10-14)9-11-5-2-1-3-6-11/h1-3,5-6,16H,4,7-10H2. The highest BCUT2D eigenvalue weighted by Crippen LogP contribution is 2.37. The summed E-state index contributed by atoms with van der Waals surface area (Å²) in [6.45, 7) is 2.00. The number of hydrogen-bond donors (Lipinski definition) is 1. The molecular formula is C14H16ClN3S. The Kier molecular flexibility index (Phi) is 3.82. The lowest BCUT2D eigenvalue weighted by Gasteiger charge is -2.36. The first-order chi connectivity index (χ1) is 9.30. The van der Waals surface area contributed by atoms with Crippen molar-refractivity contribution in [3.8, 4) is 0 Å². The Balaban J connectivity index is 1.95. The third kappa shape index (κ3) is 2.66. The molecule has 100 valence electrons. The summed E-state index contributed by atoms with van der Waals surface area (Å²) in [4.78, 5) is 0. The molecule has 0 saturated carbocycles. The van der Waals surface area contributed by atoms with Crippen molar-refractivity contribution in [3.63, 3.8) is 0 Å². The number of piperidine rings is 1. The zero-order valence-electron chi connectivity index (χ0n) is 10.6. The second-order valence-corrected chi connectivity index (χ2v) is 6.01. The molecule has 0 bridgehead atoms. The summed E-state index contributed by atoms with van der Waals surface area (Å²) < 4.78 is 8.61. The highest BCUT2D eigenvalue weighted by Gasteiger charge is 2.38. The molecule has 5 heteroatoms. The van der Waals surface area contributed by atoms with Gasteiger partial charge in [-0.15, -0.1) is 0 Å². The van der Waals surface area contributed by atoms with Gasteiger partial charge in [-0.1, -0.05) is 41.9 Å². The molecule has 19 heavy (non-hydrogen) atoms. The maximum absolute atomic E-state index is 6.24. The Morgan fingerprint density at radius 3 is 2.74 bits per heavy atom. The smallest absolute Gasteiger partial charge is 0.166 e. The second-order valence-electron chi connectivity index (χ2n) is 5.13. The maximum Gasteiger partial charge on any atom is 0.166 e. The van der Waals surface area contributed by atoms with E-state index in [4.69, 9.17) is 11.6 Å². The third-order valence-electron chi connectivity index (χ3n) is 3.81. The first kappa shape index (κ1) is 13.0. The lowest BCUT2D eigenvalue weighted by molar-refractivity contribution is 0.304. The monoisotopic (exact) mass is 293 g/mol. The van der Waals surface area contributed by atoms with Crippen molar-refractivity contribution in [2.24, 2.45) is 0 Å². The van der Waals surface area contributed by atoms with Gasteiger partial charge in [-0.05, 0) is 31.4 Å². The topological polar surface area (TPSA) is 37.8 Å². The molecule has 3 rings (SSSR count). The van der Waals surface area contributed by atoms with Gasteiger partial charge in [0, 0.05) is 12.0 Å². The van der Waals surface area contributed by atoms with E-state index >= 15 is 0 Å². The number of nitrogens with zero attached hydrogens (tertiary/aromatic N) is 2. The highest BCUT2D eigenvalue weighted by molar-refractivity contribution is 6.99. The van der Waals surface area contributed by atoms with Gasteiger partial charge in [0.15, 0.2) is 5.15 Å². The van der Waals surface area contributed by atoms with E-state index < -0.39 is 0 Å². The van der Waals surface area contributed by atoms with Crippen LogP contribution >= 0.6 is 23.3 Å². The first-order valence-corrected chi connectivity index (χ1v) is 7.64. The van der Waals surface area contributed by atoms with E-state index in [2.05, 4.69) is 38.3 Å². The van der Waals surface area contributed by atoms with E-state index in [-0.39, 0.29) is 5.41 Å². The van der Waals surface area contributed by atoms with E-state index in [0.29, 0.717) is 5.15 Å². The summed E-state index contributed by atoms with van der Waals surface area (Å²) in [5, 5.41) is 4.06. The number of rotatable bonds is 3. The lowest BCUT2D eigenvalue weighted by Crippen LogP contribution is -2.45. The molecule has 1 aromatic heterocycles. The molecule has 1 saturated heterocycles. The van der Waals surface area contributed by atoms with Gasteiger partial charge >= 0.3 is 0 Å². The van der Waals surface area contributed by atoms with Crippen LogP contribution in [0.4, 0.5) is 0 Å². The Morgan fingerprint density at radius 1 is 1.26 bits per heavy atom. The SMILES string of the molecule is Clc1nsnc1C1(Cc2ccccc2)CCCNC1. The van der Waals surface area contributed by atoms with Crippen molar-refractivity contribution in [3.05, 3.63) is 46.7 Å². The van der Waals surface area contributed by atoms with Crippen molar-refractivity contribution < 1.29 is 0 Å². The van der Waals surface area contributed by atoms with Crippen LogP contribution in [0.25, 0.3) is 0 Å². The maximum atomic E-state index is 6.24. The molecule has 1 aliphatic rings. The van der Waals surface area contributed by atoms with Crippen LogP contribution in [-0.4, -0.2) is 21.8 Å². The molecule has 2 aromatic rings. The van der Waals surface area contributed by atoms with Crippen LogP contribution in [0.15, 0.2) is 30.3 Å². The van der Waals surface area contributed by atoms with E-state index in [1.165, 1.54) is 17.3 Å². The van der Waals surface area contributed by atoms with Crippen molar-refractivity contribution >= 4 is 23.3 Å². The van der Waals surface area contributed by atoms with Gasteiger partial charge in [-0.3, -0.25) is 0 Å². The zero-order chi connectivity index (χ0) is 13.1. The summed E-state index contributed by atoms with van der Waals surface area (Å²) in [6.07, 6.45) is 3.23. The summed E-state index contributed by atoms with van der Waals surface area (Å²) in [6, 6.07) is 10.6. The molecule has 3 nitrogen and oxygen atoms in total. The largest absolute Gasteiger partial charge is 0.316 e. The van der Waals surface area contributed by atoms with Gasteiger partial charge < -0.3 is 5.32 Å². The molecule has 1 atom stereocenters. The molecule has 2 heterocycles. The summed E-state index contributed by atoms with van der Waals surface area (Å²) in [7, 11) is 0. The minimum atomic E-state index is -0.0102. The van der Waals surface area contributed by atoms with Crippen LogP contribution in [-0.2, 0) is 11.8 Å². The molecule has 0 spiro atoms. The van der Waals surface area contributed by atoms with Crippen molar-refractivity contribution in [2.45, 2.75) is 24.7 Å². The van der Waals surface area contributed by atoms with Gasteiger partial charge in [-0.2, -0.15) is 8.75 Å². The second kappa shape index (κ2) is 5.57. The molecule has 1 fully saturated rings. The predicted molar refractivity (Wildman–Crippen MR) is 78.8 cm³/mol. The van der Waals surface area contributed by atoms with Crippen LogP contribution in [0.1, 0.15) is 24.1 Å². The molecule has 1 aliphatic heterocycles. The zero-order valence-corrected chi connectivity index (χ0v) is 12.2. The molecule has 0 aliphatic carbocycles. The number of aromatic nitrogens is 2. The molecule has 1 aromatic carbocycles. The van der Waals surface area contributed by atoms with Gasteiger partial charge in [0.25, 0.3) is 0 Å². The van der Waals surface area contributed by atoms with E-state index in [0.717, 1.165) is 38.0 Å². The number of halogens is 1. The van der Waals surface area contributed by atoms with Crippen LogP contribution in [0.5, 0.6) is 0 Å². The van der Waals surface area contributed by atoms with Gasteiger partial charge in [0.2, 0.25) is 0 Å². The fraction of sp³-hybridized carbons (Fsp3) is 0.429. The molecule has 1 N–H and O–H groups in total. The minimum Gasteiger partial charge on any atom is -0.316 e. The van der Waals surface area contributed by atoms with Crippen LogP contribution in [0, 0.1) is 0 Å². The van der Waals surface area contributed by atoms with Crippen molar-refractivity contribution in [1.29, 1.82) is 0 Å². The molecule has 1 unspecified atom stereocenters. The Morgan fingerprint density at radius 2 is 2.11 bits per heavy atom.